The molecule has 16 heavy (non-hydrogen) atoms. The summed E-state index contributed by atoms with van der Waals surface area (Å²) in [4.78, 5) is 4.21. The molecule has 0 amide bonds. The molecule has 0 spiro atoms. The SMILES string of the molecule is CC(C)Cc1nc(Br)c(C#N)c(N)c1C#N. The van der Waals surface area contributed by atoms with Crippen molar-refractivity contribution in [1.29, 1.82) is 10.5 Å². The van der Waals surface area contributed by atoms with Crippen molar-refractivity contribution in [2.45, 2.75) is 20.3 Å². The lowest BCUT2D eigenvalue weighted by Crippen LogP contribution is -2.07. The van der Waals surface area contributed by atoms with Crippen LogP contribution in [0.25, 0.3) is 0 Å². The van der Waals surface area contributed by atoms with E-state index in [1.807, 2.05) is 26.0 Å². The minimum atomic E-state index is 0.211. The standard InChI is InChI=1S/C11H11BrN4/c1-6(2)3-9-7(4-13)10(15)8(5-14)11(12)16-9/h6H,3H2,1-2H3,(H2,15,16). The van der Waals surface area contributed by atoms with E-state index in [9.17, 15) is 0 Å². The van der Waals surface area contributed by atoms with Gasteiger partial charge in [-0.1, -0.05) is 13.8 Å². The lowest BCUT2D eigenvalue weighted by molar-refractivity contribution is 0.633. The molecule has 1 heterocycles. The molecule has 1 aromatic rings. The molecule has 0 aliphatic heterocycles. The van der Waals surface area contributed by atoms with Crippen molar-refractivity contribution >= 4 is 21.6 Å². The second kappa shape index (κ2) is 4.96. The van der Waals surface area contributed by atoms with Gasteiger partial charge in [0.05, 0.1) is 16.9 Å². The molecule has 0 radical (unpaired) electrons. The molecule has 0 saturated heterocycles. The van der Waals surface area contributed by atoms with Gasteiger partial charge in [0.25, 0.3) is 0 Å². The number of nitriles is 2. The van der Waals surface area contributed by atoms with Crippen molar-refractivity contribution < 1.29 is 0 Å². The fraction of sp³-hybridized carbons (Fsp3) is 0.364. The van der Waals surface area contributed by atoms with Gasteiger partial charge in [0.1, 0.15) is 22.3 Å². The van der Waals surface area contributed by atoms with Gasteiger partial charge < -0.3 is 5.73 Å². The Kier molecular flexibility index (Phi) is 3.87. The molecule has 0 bridgehead atoms. The molecule has 0 atom stereocenters. The molecule has 0 aliphatic carbocycles. The summed E-state index contributed by atoms with van der Waals surface area (Å²) in [6.45, 7) is 4.07. The third kappa shape index (κ3) is 2.32. The predicted octanol–water partition coefficient (Wildman–Crippen LogP) is 2.37. The van der Waals surface area contributed by atoms with Gasteiger partial charge in [-0.15, -0.1) is 0 Å². The highest BCUT2D eigenvalue weighted by molar-refractivity contribution is 9.10. The van der Waals surface area contributed by atoms with E-state index < -0.39 is 0 Å². The molecule has 82 valence electrons. The Morgan fingerprint density at radius 2 is 1.88 bits per heavy atom. The van der Waals surface area contributed by atoms with Crippen LogP contribution in [-0.4, -0.2) is 4.98 Å². The lowest BCUT2D eigenvalue weighted by Gasteiger charge is -2.10. The van der Waals surface area contributed by atoms with Gasteiger partial charge >= 0.3 is 0 Å². The average molecular weight is 279 g/mol. The Bertz CT molecular complexity index is 494. The van der Waals surface area contributed by atoms with E-state index in [4.69, 9.17) is 16.3 Å². The van der Waals surface area contributed by atoms with Gasteiger partial charge in [-0.05, 0) is 28.3 Å². The summed E-state index contributed by atoms with van der Waals surface area (Å²) >= 11 is 3.19. The normalized spacial score (nSPS) is 9.88. The van der Waals surface area contributed by atoms with E-state index >= 15 is 0 Å². The first-order chi connectivity index (χ1) is 7.51. The summed E-state index contributed by atoms with van der Waals surface area (Å²) < 4.78 is 0.405. The van der Waals surface area contributed by atoms with Gasteiger partial charge in [0.2, 0.25) is 0 Å². The van der Waals surface area contributed by atoms with E-state index in [1.54, 1.807) is 0 Å². The predicted molar refractivity (Wildman–Crippen MR) is 64.3 cm³/mol. The van der Waals surface area contributed by atoms with Crippen molar-refractivity contribution in [3.05, 3.63) is 21.4 Å². The van der Waals surface area contributed by atoms with Crippen molar-refractivity contribution in [1.82, 2.24) is 4.98 Å². The van der Waals surface area contributed by atoms with Gasteiger partial charge in [-0.2, -0.15) is 10.5 Å². The highest BCUT2D eigenvalue weighted by Gasteiger charge is 2.16. The number of aromatic nitrogens is 1. The molecule has 5 heteroatoms. The summed E-state index contributed by atoms with van der Waals surface area (Å²) in [5, 5.41) is 17.9. The van der Waals surface area contributed by atoms with Crippen LogP contribution in [0, 0.1) is 28.6 Å². The lowest BCUT2D eigenvalue weighted by atomic mass is 10.0. The Hall–Kier alpha value is -1.59. The molecule has 4 nitrogen and oxygen atoms in total. The summed E-state index contributed by atoms with van der Waals surface area (Å²) in [6.07, 6.45) is 0.664. The number of nitrogen functional groups attached to an aromatic ring is 1. The van der Waals surface area contributed by atoms with Crippen LogP contribution >= 0.6 is 15.9 Å². The molecular formula is C11H11BrN4. The molecule has 0 saturated carbocycles. The van der Waals surface area contributed by atoms with E-state index in [0.29, 0.717) is 28.2 Å². The monoisotopic (exact) mass is 278 g/mol. The Morgan fingerprint density at radius 3 is 2.31 bits per heavy atom. The largest absolute Gasteiger partial charge is 0.396 e. The molecule has 0 fully saturated rings. The number of hydrogen-bond acceptors (Lipinski definition) is 4. The molecule has 0 aliphatic rings. The van der Waals surface area contributed by atoms with Crippen molar-refractivity contribution in [3.8, 4) is 12.1 Å². The third-order valence-corrected chi connectivity index (χ3v) is 2.67. The number of anilines is 1. The van der Waals surface area contributed by atoms with E-state index in [2.05, 4.69) is 20.9 Å². The van der Waals surface area contributed by atoms with Crippen LogP contribution in [0.2, 0.25) is 0 Å². The van der Waals surface area contributed by atoms with Crippen molar-refractivity contribution in [3.63, 3.8) is 0 Å². The van der Waals surface area contributed by atoms with Gasteiger partial charge in [0.15, 0.2) is 0 Å². The summed E-state index contributed by atoms with van der Waals surface area (Å²) in [6, 6.07) is 3.95. The molecule has 1 rings (SSSR count). The van der Waals surface area contributed by atoms with E-state index in [1.165, 1.54) is 0 Å². The van der Waals surface area contributed by atoms with Gasteiger partial charge in [-0.25, -0.2) is 4.98 Å². The van der Waals surface area contributed by atoms with Crippen molar-refractivity contribution in [2.24, 2.45) is 5.92 Å². The fourth-order valence-corrected chi connectivity index (χ4v) is 1.90. The number of nitrogens with zero attached hydrogens (tertiary/aromatic N) is 3. The van der Waals surface area contributed by atoms with Gasteiger partial charge in [-0.3, -0.25) is 0 Å². The van der Waals surface area contributed by atoms with Crippen LogP contribution in [0.15, 0.2) is 4.60 Å². The first-order valence-corrected chi connectivity index (χ1v) is 5.58. The number of nitrogens with two attached hydrogens (primary N) is 1. The van der Waals surface area contributed by atoms with E-state index in [0.717, 1.165) is 0 Å². The zero-order chi connectivity index (χ0) is 12.3. The Balaban J connectivity index is 3.44. The summed E-state index contributed by atoms with van der Waals surface area (Å²) in [5.41, 5.74) is 7.16. The minimum absolute atomic E-state index is 0.211. The third-order valence-electron chi connectivity index (χ3n) is 2.09. The van der Waals surface area contributed by atoms with Crippen LogP contribution < -0.4 is 5.73 Å². The van der Waals surface area contributed by atoms with E-state index in [-0.39, 0.29) is 11.3 Å². The van der Waals surface area contributed by atoms with Crippen LogP contribution in [0.3, 0.4) is 0 Å². The van der Waals surface area contributed by atoms with Crippen LogP contribution in [-0.2, 0) is 6.42 Å². The second-order valence-corrected chi connectivity index (χ2v) is 4.59. The number of rotatable bonds is 2. The highest BCUT2D eigenvalue weighted by atomic mass is 79.9. The highest BCUT2D eigenvalue weighted by Crippen LogP contribution is 2.26. The minimum Gasteiger partial charge on any atom is -0.396 e. The zero-order valence-electron chi connectivity index (χ0n) is 9.08. The Morgan fingerprint density at radius 1 is 1.31 bits per heavy atom. The second-order valence-electron chi connectivity index (χ2n) is 3.83. The van der Waals surface area contributed by atoms with Crippen molar-refractivity contribution in [2.75, 3.05) is 5.73 Å². The number of hydrogen-bond donors (Lipinski definition) is 1. The number of pyridine rings is 1. The average Bonchev–Trinajstić information content (AvgIpc) is 2.17. The molecule has 0 aromatic carbocycles. The quantitative estimate of drug-likeness (QED) is 0.842. The van der Waals surface area contributed by atoms with Crippen LogP contribution in [0.4, 0.5) is 5.69 Å². The fourth-order valence-electron chi connectivity index (χ4n) is 1.39. The molecule has 1 aromatic heterocycles. The summed E-state index contributed by atoms with van der Waals surface area (Å²) in [7, 11) is 0. The smallest absolute Gasteiger partial charge is 0.126 e. The molecule has 2 N–H and O–H groups in total. The molecule has 0 unspecified atom stereocenters. The maximum absolute atomic E-state index is 9.03. The Labute approximate surface area is 103 Å². The first kappa shape index (κ1) is 12.5. The maximum atomic E-state index is 9.03. The first-order valence-electron chi connectivity index (χ1n) is 4.79. The van der Waals surface area contributed by atoms with Crippen LogP contribution in [0.5, 0.6) is 0 Å². The zero-order valence-corrected chi connectivity index (χ0v) is 10.7. The number of halogens is 1. The topological polar surface area (TPSA) is 86.5 Å². The molecular weight excluding hydrogens is 268 g/mol. The summed E-state index contributed by atoms with van der Waals surface area (Å²) in [5.74, 6) is 0.374. The van der Waals surface area contributed by atoms with Gasteiger partial charge in [0, 0.05) is 0 Å². The van der Waals surface area contributed by atoms with Crippen LogP contribution in [0.1, 0.15) is 30.7 Å². The maximum Gasteiger partial charge on any atom is 0.126 e.